The van der Waals surface area contributed by atoms with Gasteiger partial charge in [0, 0.05) is 17.0 Å². The predicted octanol–water partition coefficient (Wildman–Crippen LogP) is 5.59. The first kappa shape index (κ1) is 21.1. The van der Waals surface area contributed by atoms with E-state index in [4.69, 9.17) is 14.2 Å². The van der Waals surface area contributed by atoms with E-state index in [1.165, 1.54) is 0 Å². The van der Waals surface area contributed by atoms with Gasteiger partial charge < -0.3 is 19.2 Å². The van der Waals surface area contributed by atoms with Crippen LogP contribution in [-0.2, 0) is 4.74 Å². The number of rotatable bonds is 9. The number of ether oxygens (including phenoxy) is 3. The minimum absolute atomic E-state index is 0.289. The van der Waals surface area contributed by atoms with Crippen LogP contribution in [0.25, 0.3) is 33.1 Å². The van der Waals surface area contributed by atoms with Crippen LogP contribution in [0.15, 0.2) is 30.3 Å². The van der Waals surface area contributed by atoms with Crippen LogP contribution in [0.1, 0.15) is 43.6 Å². The summed E-state index contributed by atoms with van der Waals surface area (Å²) in [5.41, 5.74) is 4.39. The number of fused-ring (bicyclic) bond motifs is 2. The van der Waals surface area contributed by atoms with Gasteiger partial charge in [0.2, 0.25) is 0 Å². The fourth-order valence-electron chi connectivity index (χ4n) is 3.60. The molecule has 0 saturated heterocycles. The van der Waals surface area contributed by atoms with Crippen molar-refractivity contribution in [3.63, 3.8) is 0 Å². The fraction of sp³-hybridized carbons (Fsp3) is 0.348. The summed E-state index contributed by atoms with van der Waals surface area (Å²) in [7, 11) is 1.62. The second-order valence-corrected chi connectivity index (χ2v) is 7.70. The highest BCUT2D eigenvalue weighted by molar-refractivity contribution is 7.00. The molecule has 7 nitrogen and oxygen atoms in total. The Morgan fingerprint density at radius 2 is 1.90 bits per heavy atom. The van der Waals surface area contributed by atoms with Gasteiger partial charge in [-0.1, -0.05) is 25.8 Å². The van der Waals surface area contributed by atoms with Crippen LogP contribution in [0, 0.1) is 0 Å². The van der Waals surface area contributed by atoms with Crippen molar-refractivity contribution in [1.82, 2.24) is 13.7 Å². The van der Waals surface area contributed by atoms with E-state index in [0.717, 1.165) is 64.1 Å². The third kappa shape index (κ3) is 4.20. The Bertz CT molecular complexity index is 1210. The van der Waals surface area contributed by atoms with Crippen LogP contribution in [0.2, 0.25) is 0 Å². The van der Waals surface area contributed by atoms with Gasteiger partial charge in [0.15, 0.2) is 11.5 Å². The molecule has 2 aromatic heterocycles. The lowest BCUT2D eigenvalue weighted by Crippen LogP contribution is -2.06. The summed E-state index contributed by atoms with van der Waals surface area (Å²) < 4.78 is 25.5. The Kier molecular flexibility index (Phi) is 6.36. The van der Waals surface area contributed by atoms with Crippen molar-refractivity contribution in [1.29, 1.82) is 0 Å². The van der Waals surface area contributed by atoms with Crippen molar-refractivity contribution in [2.45, 2.75) is 33.1 Å². The van der Waals surface area contributed by atoms with E-state index in [1.54, 1.807) is 14.0 Å². The topological polar surface area (TPSA) is 86.3 Å². The van der Waals surface area contributed by atoms with Crippen molar-refractivity contribution in [2.75, 3.05) is 20.3 Å². The molecule has 0 spiro atoms. The Labute approximate surface area is 184 Å². The molecule has 2 heterocycles. The van der Waals surface area contributed by atoms with E-state index < -0.39 is 5.97 Å². The highest BCUT2D eigenvalue weighted by atomic mass is 32.1. The quantitative estimate of drug-likeness (QED) is 0.270. The molecule has 0 unspecified atom stereocenters. The maximum Gasteiger partial charge on any atom is 0.355 e. The zero-order valence-corrected chi connectivity index (χ0v) is 18.7. The third-order valence-electron chi connectivity index (χ3n) is 5.11. The summed E-state index contributed by atoms with van der Waals surface area (Å²) in [6.07, 6.45) is 3.21. The number of esters is 1. The highest BCUT2D eigenvalue weighted by Crippen LogP contribution is 2.40. The first-order chi connectivity index (χ1) is 15.2. The van der Waals surface area contributed by atoms with Gasteiger partial charge in [-0.15, -0.1) is 0 Å². The van der Waals surface area contributed by atoms with Crippen LogP contribution >= 0.6 is 11.7 Å². The summed E-state index contributed by atoms with van der Waals surface area (Å²) >= 11 is 1.16. The van der Waals surface area contributed by atoms with Gasteiger partial charge in [-0.2, -0.15) is 8.75 Å². The summed E-state index contributed by atoms with van der Waals surface area (Å²) in [5.74, 6) is 0.860. The van der Waals surface area contributed by atoms with Gasteiger partial charge in [-0.3, -0.25) is 0 Å². The lowest BCUT2D eigenvalue weighted by Gasteiger charge is -2.11. The maximum atomic E-state index is 12.8. The van der Waals surface area contributed by atoms with Gasteiger partial charge in [0.1, 0.15) is 16.7 Å². The van der Waals surface area contributed by atoms with Gasteiger partial charge in [0.25, 0.3) is 0 Å². The van der Waals surface area contributed by atoms with Crippen LogP contribution in [0.3, 0.4) is 0 Å². The van der Waals surface area contributed by atoms with Crippen LogP contribution in [0.5, 0.6) is 11.5 Å². The second kappa shape index (κ2) is 9.34. The number of hydrogen-bond acceptors (Lipinski definition) is 7. The Hall–Kier alpha value is -3.13. The van der Waals surface area contributed by atoms with E-state index in [0.29, 0.717) is 23.8 Å². The van der Waals surface area contributed by atoms with E-state index in [9.17, 15) is 4.79 Å². The molecular formula is C23H25N3O4S. The number of benzene rings is 2. The van der Waals surface area contributed by atoms with E-state index in [1.807, 2.05) is 30.3 Å². The van der Waals surface area contributed by atoms with Crippen LogP contribution < -0.4 is 9.47 Å². The smallest absolute Gasteiger partial charge is 0.355 e. The average Bonchev–Trinajstić information content (AvgIpc) is 3.39. The molecule has 0 fully saturated rings. The molecule has 0 aliphatic carbocycles. The third-order valence-corrected chi connectivity index (χ3v) is 5.67. The second-order valence-electron chi connectivity index (χ2n) is 7.17. The molecule has 0 bridgehead atoms. The SMILES string of the molecule is CCCCCOc1cc2[nH]c(C(=O)OCC)c(-c3ccc4nsnc4c3)c2cc1OC. The molecule has 31 heavy (non-hydrogen) atoms. The average molecular weight is 440 g/mol. The molecule has 4 rings (SSSR count). The lowest BCUT2D eigenvalue weighted by atomic mass is 10.0. The Morgan fingerprint density at radius 1 is 1.06 bits per heavy atom. The Balaban J connectivity index is 1.85. The largest absolute Gasteiger partial charge is 0.493 e. The van der Waals surface area contributed by atoms with Crippen LogP contribution in [0.4, 0.5) is 0 Å². The fourth-order valence-corrected chi connectivity index (χ4v) is 4.12. The number of carbonyl (C=O) groups is 1. The van der Waals surface area contributed by atoms with E-state index in [-0.39, 0.29) is 6.61 Å². The molecule has 0 aliphatic rings. The standard InChI is InChI=1S/C23H25N3O4S/c1-4-6-7-10-30-20-13-17-15(12-19(20)28-3)21(22(24-17)23(27)29-5-2)14-8-9-16-18(11-14)26-31-25-16/h8-9,11-13,24H,4-7,10H2,1-3H3. The molecule has 0 amide bonds. The zero-order valence-electron chi connectivity index (χ0n) is 17.9. The molecule has 2 aromatic carbocycles. The molecule has 0 atom stereocenters. The number of nitrogens with zero attached hydrogens (tertiary/aromatic N) is 2. The number of unbranched alkanes of at least 4 members (excludes halogenated alkanes) is 2. The van der Waals surface area contributed by atoms with Crippen molar-refractivity contribution in [2.24, 2.45) is 0 Å². The maximum absolute atomic E-state index is 12.8. The van der Waals surface area contributed by atoms with Crippen molar-refractivity contribution < 1.29 is 19.0 Å². The summed E-state index contributed by atoms with van der Waals surface area (Å²) in [6, 6.07) is 9.57. The monoisotopic (exact) mass is 439 g/mol. The molecule has 162 valence electrons. The number of methoxy groups -OCH3 is 1. The predicted molar refractivity (Wildman–Crippen MR) is 122 cm³/mol. The summed E-state index contributed by atoms with van der Waals surface area (Å²) in [4.78, 5) is 16.0. The molecule has 0 radical (unpaired) electrons. The number of hydrogen-bond donors (Lipinski definition) is 1. The number of aromatic amines is 1. The molecule has 8 heteroatoms. The summed E-state index contributed by atoms with van der Waals surface area (Å²) in [6.45, 7) is 4.85. The first-order valence-electron chi connectivity index (χ1n) is 10.4. The van der Waals surface area contributed by atoms with Gasteiger partial charge in [0.05, 0.1) is 37.6 Å². The number of carbonyl (C=O) groups excluding carboxylic acids is 1. The first-order valence-corrected chi connectivity index (χ1v) is 11.2. The number of aromatic nitrogens is 3. The minimum atomic E-state index is -0.408. The minimum Gasteiger partial charge on any atom is -0.493 e. The molecule has 0 saturated carbocycles. The van der Waals surface area contributed by atoms with Gasteiger partial charge >= 0.3 is 5.97 Å². The van der Waals surface area contributed by atoms with Crippen molar-refractivity contribution >= 4 is 39.6 Å². The highest BCUT2D eigenvalue weighted by Gasteiger charge is 2.23. The molecule has 1 N–H and O–H groups in total. The van der Waals surface area contributed by atoms with E-state index >= 15 is 0 Å². The normalized spacial score (nSPS) is 11.2. The Morgan fingerprint density at radius 3 is 2.68 bits per heavy atom. The van der Waals surface area contributed by atoms with Crippen molar-refractivity contribution in [3.05, 3.63) is 36.0 Å². The number of H-pyrrole nitrogens is 1. The van der Waals surface area contributed by atoms with Crippen molar-refractivity contribution in [3.8, 4) is 22.6 Å². The number of nitrogens with one attached hydrogen (secondary N) is 1. The molecule has 4 aromatic rings. The molecule has 0 aliphatic heterocycles. The molecular weight excluding hydrogens is 414 g/mol. The van der Waals surface area contributed by atoms with Gasteiger partial charge in [-0.05, 0) is 37.1 Å². The summed E-state index contributed by atoms with van der Waals surface area (Å²) in [5, 5.41) is 0.850. The van der Waals surface area contributed by atoms with Gasteiger partial charge in [-0.25, -0.2) is 4.79 Å². The van der Waals surface area contributed by atoms with Crippen LogP contribution in [-0.4, -0.2) is 40.0 Å². The lowest BCUT2D eigenvalue weighted by molar-refractivity contribution is 0.0521. The van der Waals surface area contributed by atoms with E-state index in [2.05, 4.69) is 20.7 Å². The zero-order chi connectivity index (χ0) is 21.8.